The quantitative estimate of drug-likeness (QED) is 0.812. The SMILES string of the molecule is Cc1ncc(C(F)P(=O)(O)O)c2c1OC(C)(C)OC2. The first kappa shape index (κ1) is 14.4. The van der Waals surface area contributed by atoms with Crippen LogP contribution in [0.5, 0.6) is 5.75 Å². The van der Waals surface area contributed by atoms with Gasteiger partial charge < -0.3 is 19.3 Å². The molecule has 19 heavy (non-hydrogen) atoms. The average Bonchev–Trinajstić information content (AvgIpc) is 2.27. The van der Waals surface area contributed by atoms with Gasteiger partial charge in [-0.3, -0.25) is 9.55 Å². The summed E-state index contributed by atoms with van der Waals surface area (Å²) in [6, 6.07) is 0. The van der Waals surface area contributed by atoms with E-state index in [0.717, 1.165) is 6.20 Å². The summed E-state index contributed by atoms with van der Waals surface area (Å²) in [6.07, 6.45) is 1.11. The first-order valence-corrected chi connectivity index (χ1v) is 7.30. The standard InChI is InChI=1S/C11H15FNO5P/c1-6-9-8(5-17-11(2,3)18-9)7(4-13-6)10(12)19(14,15)16/h4,10H,5H2,1-3H3,(H2,14,15,16). The van der Waals surface area contributed by atoms with Gasteiger partial charge in [0.05, 0.1) is 12.3 Å². The Morgan fingerprint density at radius 1 is 1.53 bits per heavy atom. The first-order valence-electron chi connectivity index (χ1n) is 5.62. The molecule has 0 aliphatic carbocycles. The summed E-state index contributed by atoms with van der Waals surface area (Å²) in [5.74, 6) is -2.99. The molecule has 0 saturated carbocycles. The fourth-order valence-electron chi connectivity index (χ4n) is 1.84. The lowest BCUT2D eigenvalue weighted by molar-refractivity contribution is -0.181. The van der Waals surface area contributed by atoms with Crippen LogP contribution in [-0.4, -0.2) is 20.6 Å². The summed E-state index contributed by atoms with van der Waals surface area (Å²) < 4.78 is 35.8. The van der Waals surface area contributed by atoms with Gasteiger partial charge in [-0.1, -0.05) is 0 Å². The maximum Gasteiger partial charge on any atom is 0.364 e. The Morgan fingerprint density at radius 2 is 2.16 bits per heavy atom. The third kappa shape index (κ3) is 2.79. The molecule has 1 aromatic rings. The maximum atomic E-state index is 13.8. The number of hydrogen-bond acceptors (Lipinski definition) is 4. The Balaban J connectivity index is 2.53. The minimum Gasteiger partial charge on any atom is -0.461 e. The number of aryl methyl sites for hydroxylation is 1. The number of rotatable bonds is 2. The number of halogens is 1. The average molecular weight is 291 g/mol. The molecule has 0 aromatic carbocycles. The van der Waals surface area contributed by atoms with Crippen molar-refractivity contribution >= 4 is 7.60 Å². The van der Waals surface area contributed by atoms with Gasteiger partial charge in [-0.05, 0) is 6.92 Å². The van der Waals surface area contributed by atoms with Crippen molar-refractivity contribution in [2.45, 2.75) is 39.1 Å². The van der Waals surface area contributed by atoms with E-state index in [1.807, 2.05) is 0 Å². The molecular formula is C11H15FNO5P. The lowest BCUT2D eigenvalue weighted by atomic mass is 10.1. The van der Waals surface area contributed by atoms with E-state index in [1.165, 1.54) is 0 Å². The molecule has 2 N–H and O–H groups in total. The Kier molecular flexibility index (Phi) is 3.43. The molecule has 0 amide bonds. The van der Waals surface area contributed by atoms with Gasteiger partial charge in [-0.25, -0.2) is 4.39 Å². The number of ether oxygens (including phenoxy) is 2. The molecule has 1 aliphatic heterocycles. The minimum absolute atomic E-state index is 0.0153. The van der Waals surface area contributed by atoms with Crippen molar-refractivity contribution in [1.82, 2.24) is 4.98 Å². The van der Waals surface area contributed by atoms with Gasteiger partial charge in [-0.2, -0.15) is 0 Å². The van der Waals surface area contributed by atoms with Gasteiger partial charge in [0.25, 0.3) is 0 Å². The number of alkyl halides is 1. The van der Waals surface area contributed by atoms with E-state index in [4.69, 9.17) is 19.3 Å². The number of fused-ring (bicyclic) bond motifs is 1. The molecule has 0 fully saturated rings. The summed E-state index contributed by atoms with van der Waals surface area (Å²) in [7, 11) is -4.89. The molecule has 0 bridgehead atoms. The molecule has 0 spiro atoms. The Morgan fingerprint density at radius 3 is 2.74 bits per heavy atom. The molecule has 106 valence electrons. The van der Waals surface area contributed by atoms with Crippen molar-refractivity contribution in [3.05, 3.63) is 23.0 Å². The lowest BCUT2D eigenvalue weighted by Gasteiger charge is -2.34. The molecular weight excluding hydrogens is 276 g/mol. The zero-order chi connectivity index (χ0) is 14.4. The van der Waals surface area contributed by atoms with Gasteiger partial charge in [0, 0.05) is 31.2 Å². The van der Waals surface area contributed by atoms with E-state index in [1.54, 1.807) is 20.8 Å². The molecule has 1 unspecified atom stereocenters. The first-order chi connectivity index (χ1) is 8.62. The van der Waals surface area contributed by atoms with Gasteiger partial charge in [-0.15, -0.1) is 0 Å². The lowest BCUT2D eigenvalue weighted by Crippen LogP contribution is -2.36. The summed E-state index contributed by atoms with van der Waals surface area (Å²) in [6.45, 7) is 5.08. The van der Waals surface area contributed by atoms with Crippen molar-refractivity contribution in [1.29, 1.82) is 0 Å². The second-order valence-electron chi connectivity index (χ2n) is 4.82. The Hall–Kier alpha value is -1.01. The van der Waals surface area contributed by atoms with Gasteiger partial charge >= 0.3 is 7.60 Å². The van der Waals surface area contributed by atoms with Gasteiger partial charge in [0.1, 0.15) is 5.75 Å². The third-order valence-corrected chi connectivity index (χ3v) is 3.68. The van der Waals surface area contributed by atoms with Crippen LogP contribution in [-0.2, 0) is 15.9 Å². The van der Waals surface area contributed by atoms with E-state index >= 15 is 0 Å². The zero-order valence-electron chi connectivity index (χ0n) is 10.8. The molecule has 0 radical (unpaired) electrons. The highest BCUT2D eigenvalue weighted by atomic mass is 31.2. The highest BCUT2D eigenvalue weighted by molar-refractivity contribution is 7.51. The largest absolute Gasteiger partial charge is 0.461 e. The summed E-state index contributed by atoms with van der Waals surface area (Å²) in [5, 5.41) is 0. The smallest absolute Gasteiger partial charge is 0.364 e. The molecule has 2 heterocycles. The van der Waals surface area contributed by atoms with Crippen LogP contribution in [0.3, 0.4) is 0 Å². The van der Waals surface area contributed by atoms with Crippen LogP contribution in [0.25, 0.3) is 0 Å². The van der Waals surface area contributed by atoms with Crippen LogP contribution >= 0.6 is 7.60 Å². The summed E-state index contributed by atoms with van der Waals surface area (Å²) >= 11 is 0. The van der Waals surface area contributed by atoms with Crippen LogP contribution in [0.1, 0.15) is 36.6 Å². The van der Waals surface area contributed by atoms with Crippen molar-refractivity contribution < 1.29 is 28.2 Å². The molecule has 2 rings (SSSR count). The fourth-order valence-corrected chi connectivity index (χ4v) is 2.43. The van der Waals surface area contributed by atoms with E-state index in [0.29, 0.717) is 17.0 Å². The normalized spacial score (nSPS) is 19.5. The Labute approximate surface area is 109 Å². The number of nitrogens with zero attached hydrogens (tertiary/aromatic N) is 1. The highest BCUT2D eigenvalue weighted by Crippen LogP contribution is 2.54. The van der Waals surface area contributed by atoms with Crippen LogP contribution < -0.4 is 4.74 Å². The van der Waals surface area contributed by atoms with Gasteiger partial charge in [0.2, 0.25) is 11.7 Å². The number of hydrogen-bond donors (Lipinski definition) is 2. The predicted molar refractivity (Wildman–Crippen MR) is 64.4 cm³/mol. The van der Waals surface area contributed by atoms with Crippen molar-refractivity contribution in [2.75, 3.05) is 0 Å². The summed E-state index contributed by atoms with van der Waals surface area (Å²) in [5.41, 5.74) is 0.625. The van der Waals surface area contributed by atoms with Crippen LogP contribution in [0.2, 0.25) is 0 Å². The monoisotopic (exact) mass is 291 g/mol. The molecule has 8 heteroatoms. The minimum atomic E-state index is -4.89. The van der Waals surface area contributed by atoms with Crippen molar-refractivity contribution in [3.63, 3.8) is 0 Å². The van der Waals surface area contributed by atoms with E-state index in [2.05, 4.69) is 4.98 Å². The van der Waals surface area contributed by atoms with Crippen LogP contribution in [0.4, 0.5) is 4.39 Å². The fraction of sp³-hybridized carbons (Fsp3) is 0.545. The van der Waals surface area contributed by atoms with E-state index < -0.39 is 19.3 Å². The van der Waals surface area contributed by atoms with E-state index in [9.17, 15) is 8.96 Å². The predicted octanol–water partition coefficient (Wildman–Crippen LogP) is 2.18. The van der Waals surface area contributed by atoms with Crippen molar-refractivity contribution in [2.24, 2.45) is 0 Å². The topological polar surface area (TPSA) is 88.9 Å². The highest BCUT2D eigenvalue weighted by Gasteiger charge is 2.37. The molecule has 1 atom stereocenters. The summed E-state index contributed by atoms with van der Waals surface area (Å²) in [4.78, 5) is 21.8. The molecule has 0 saturated heterocycles. The second-order valence-corrected chi connectivity index (χ2v) is 6.45. The van der Waals surface area contributed by atoms with Crippen molar-refractivity contribution in [3.8, 4) is 5.75 Å². The van der Waals surface area contributed by atoms with E-state index in [-0.39, 0.29) is 12.2 Å². The van der Waals surface area contributed by atoms with Crippen LogP contribution in [0.15, 0.2) is 6.20 Å². The van der Waals surface area contributed by atoms with Gasteiger partial charge in [0.15, 0.2) is 0 Å². The third-order valence-electron chi connectivity index (χ3n) is 2.81. The van der Waals surface area contributed by atoms with Crippen LogP contribution in [0, 0.1) is 6.92 Å². The molecule has 6 nitrogen and oxygen atoms in total. The molecule has 1 aromatic heterocycles. The number of pyridine rings is 1. The second kappa shape index (κ2) is 4.52. The zero-order valence-corrected chi connectivity index (χ0v) is 11.6. The maximum absolute atomic E-state index is 13.8. The molecule has 1 aliphatic rings. The number of aromatic nitrogens is 1. The Bertz CT molecular complexity index is 556.